The van der Waals surface area contributed by atoms with Crippen LogP contribution in [0.4, 0.5) is 33.9 Å². The summed E-state index contributed by atoms with van der Waals surface area (Å²) in [6.45, 7) is 6.88. The Bertz CT molecular complexity index is 2080. The Morgan fingerprint density at radius 1 is 1.06 bits per heavy atom. The first-order valence-corrected chi connectivity index (χ1v) is 17.3. The molecule has 0 spiro atoms. The number of terminal acetylenes is 1. The predicted molar refractivity (Wildman–Crippen MR) is 187 cm³/mol. The standard InChI is InChI=1S/C38H40F4N6O3/c1-5-25-28(40)11-10-22-16-24(43)17-26(30(22)25)31-29(41)18-27-33(32(31)42)44-35(50-21-38-12-9-13-46(38)20-23(39)19-38)45-34(27)47-14-7-6-8-15-48(47)36(49)51-37(2,3)4/h1,10-11,16-18,23H,6-9,12-15,19-21,43H2,2-4H3/t23-,38+/m1/s1. The number of anilines is 2. The maximum absolute atomic E-state index is 17.1. The van der Waals surface area contributed by atoms with Crippen LogP contribution in [0.3, 0.4) is 0 Å². The van der Waals surface area contributed by atoms with Gasteiger partial charge in [-0.2, -0.15) is 9.97 Å². The fourth-order valence-electron chi connectivity index (χ4n) is 7.78. The first-order chi connectivity index (χ1) is 24.3. The van der Waals surface area contributed by atoms with Gasteiger partial charge in [-0.3, -0.25) is 9.91 Å². The Hall–Kier alpha value is -4.83. The third-order valence-electron chi connectivity index (χ3n) is 9.96. The Morgan fingerprint density at radius 3 is 2.61 bits per heavy atom. The number of hydrazine groups is 1. The smallest absolute Gasteiger partial charge is 0.429 e. The molecule has 268 valence electrons. The van der Waals surface area contributed by atoms with E-state index in [0.29, 0.717) is 31.2 Å². The maximum atomic E-state index is 17.1. The average molecular weight is 705 g/mol. The van der Waals surface area contributed by atoms with Crippen LogP contribution in [0.1, 0.15) is 64.9 Å². The van der Waals surface area contributed by atoms with E-state index in [1.165, 1.54) is 23.2 Å². The van der Waals surface area contributed by atoms with E-state index in [1.807, 2.05) is 0 Å². The molecule has 3 aliphatic rings. The van der Waals surface area contributed by atoms with Crippen molar-refractivity contribution in [2.24, 2.45) is 0 Å². The summed E-state index contributed by atoms with van der Waals surface area (Å²) in [7, 11) is 0. The second kappa shape index (κ2) is 13.1. The van der Waals surface area contributed by atoms with Crippen molar-refractivity contribution in [3.63, 3.8) is 0 Å². The van der Waals surface area contributed by atoms with Crippen molar-refractivity contribution in [1.29, 1.82) is 0 Å². The van der Waals surface area contributed by atoms with Gasteiger partial charge >= 0.3 is 12.1 Å². The van der Waals surface area contributed by atoms with Gasteiger partial charge in [-0.05, 0) is 94.6 Å². The van der Waals surface area contributed by atoms with Crippen molar-refractivity contribution in [3.8, 4) is 29.5 Å². The van der Waals surface area contributed by atoms with Crippen molar-refractivity contribution in [2.75, 3.05) is 43.5 Å². The number of nitrogens with two attached hydrogens (primary N) is 1. The number of hydrogen-bond donors (Lipinski definition) is 1. The van der Waals surface area contributed by atoms with Crippen LogP contribution < -0.4 is 15.5 Å². The van der Waals surface area contributed by atoms with E-state index in [-0.39, 0.29) is 71.0 Å². The number of nitrogens with zero attached hydrogens (tertiary/aromatic N) is 5. The second-order valence-electron chi connectivity index (χ2n) is 14.7. The zero-order valence-corrected chi connectivity index (χ0v) is 28.9. The SMILES string of the molecule is C#Cc1c(F)ccc2cc(N)cc(-c3c(F)cc4c(N5CCCCCN5C(=O)OC(C)(C)C)nc(OC[C@@]56CCCN5C[C@H](F)C6)nc4c3F)c12. The van der Waals surface area contributed by atoms with Gasteiger partial charge in [0.15, 0.2) is 11.6 Å². The highest BCUT2D eigenvalue weighted by atomic mass is 19.1. The second-order valence-corrected chi connectivity index (χ2v) is 14.7. The lowest BCUT2D eigenvalue weighted by Gasteiger charge is -2.36. The molecular formula is C38H40F4N6O3. The molecule has 0 bridgehead atoms. The van der Waals surface area contributed by atoms with Crippen LogP contribution >= 0.6 is 0 Å². The minimum atomic E-state index is -1.08. The topological polar surface area (TPSA) is 97.0 Å². The van der Waals surface area contributed by atoms with Crippen molar-refractivity contribution >= 4 is 39.3 Å². The van der Waals surface area contributed by atoms with Crippen LogP contribution in [-0.4, -0.2) is 76.1 Å². The number of fused-ring (bicyclic) bond motifs is 3. The van der Waals surface area contributed by atoms with Gasteiger partial charge < -0.3 is 15.2 Å². The summed E-state index contributed by atoms with van der Waals surface area (Å²) in [5.41, 5.74) is 3.93. The highest BCUT2D eigenvalue weighted by Gasteiger charge is 2.49. The quantitative estimate of drug-likeness (QED) is 0.130. The minimum absolute atomic E-state index is 0.0292. The highest BCUT2D eigenvalue weighted by molar-refractivity contribution is 6.05. The number of ether oxygens (including phenoxy) is 2. The summed E-state index contributed by atoms with van der Waals surface area (Å²) in [4.78, 5) is 24.8. The molecule has 51 heavy (non-hydrogen) atoms. The lowest BCUT2D eigenvalue weighted by Crippen LogP contribution is -2.49. The fraction of sp³-hybridized carbons (Fsp3) is 0.447. The van der Waals surface area contributed by atoms with E-state index in [1.54, 1.807) is 31.8 Å². The number of halogens is 4. The number of benzene rings is 3. The monoisotopic (exact) mass is 704 g/mol. The first-order valence-electron chi connectivity index (χ1n) is 17.3. The fourth-order valence-corrected chi connectivity index (χ4v) is 7.78. The third kappa shape index (κ3) is 6.35. The lowest BCUT2D eigenvalue weighted by molar-refractivity contribution is 0.0232. The number of alkyl halides is 1. The van der Waals surface area contributed by atoms with Crippen LogP contribution in [0.2, 0.25) is 0 Å². The number of hydrogen-bond acceptors (Lipinski definition) is 8. The molecule has 0 aliphatic carbocycles. The summed E-state index contributed by atoms with van der Waals surface area (Å²) < 4.78 is 75.2. The van der Waals surface area contributed by atoms with E-state index in [4.69, 9.17) is 21.6 Å². The van der Waals surface area contributed by atoms with Crippen molar-refractivity contribution in [1.82, 2.24) is 19.9 Å². The largest absolute Gasteiger partial charge is 0.461 e. The zero-order chi connectivity index (χ0) is 36.2. The molecule has 2 atom stereocenters. The van der Waals surface area contributed by atoms with Gasteiger partial charge in [0.1, 0.15) is 35.5 Å². The molecule has 0 unspecified atom stereocenters. The van der Waals surface area contributed by atoms with Crippen LogP contribution in [0.15, 0.2) is 30.3 Å². The third-order valence-corrected chi connectivity index (χ3v) is 9.96. The van der Waals surface area contributed by atoms with Gasteiger partial charge in [0.2, 0.25) is 0 Å². The van der Waals surface area contributed by atoms with Gasteiger partial charge in [-0.15, -0.1) is 6.42 Å². The van der Waals surface area contributed by atoms with Crippen LogP contribution in [0, 0.1) is 29.8 Å². The van der Waals surface area contributed by atoms with E-state index in [0.717, 1.165) is 25.5 Å². The molecule has 13 heteroatoms. The van der Waals surface area contributed by atoms with Crippen molar-refractivity contribution in [2.45, 2.75) is 76.6 Å². The number of aromatic nitrogens is 2. The van der Waals surface area contributed by atoms with Gasteiger partial charge in [-0.25, -0.2) is 27.4 Å². The molecule has 2 N–H and O–H groups in total. The molecule has 1 amide bonds. The number of rotatable bonds is 5. The van der Waals surface area contributed by atoms with Gasteiger partial charge in [0.05, 0.1) is 22.1 Å². The van der Waals surface area contributed by atoms with E-state index in [2.05, 4.69) is 20.8 Å². The summed E-state index contributed by atoms with van der Waals surface area (Å²) in [6, 6.07) is 6.37. The van der Waals surface area contributed by atoms with Crippen LogP contribution in [0.5, 0.6) is 6.01 Å². The molecule has 7 rings (SSSR count). The molecule has 4 heterocycles. The minimum Gasteiger partial charge on any atom is -0.461 e. The highest BCUT2D eigenvalue weighted by Crippen LogP contribution is 2.43. The zero-order valence-electron chi connectivity index (χ0n) is 28.9. The summed E-state index contributed by atoms with van der Waals surface area (Å²) in [6.07, 6.45) is 8.01. The van der Waals surface area contributed by atoms with E-state index >= 15 is 8.78 Å². The predicted octanol–water partition coefficient (Wildman–Crippen LogP) is 7.53. The van der Waals surface area contributed by atoms with Gasteiger partial charge in [0.25, 0.3) is 0 Å². The normalized spacial score (nSPS) is 21.2. The average Bonchev–Trinajstić information content (AvgIpc) is 3.46. The summed E-state index contributed by atoms with van der Waals surface area (Å²) in [5.74, 6) is -0.466. The molecule has 3 aliphatic heterocycles. The van der Waals surface area contributed by atoms with E-state index in [9.17, 15) is 13.6 Å². The van der Waals surface area contributed by atoms with Crippen molar-refractivity contribution in [3.05, 3.63) is 53.3 Å². The number of carbonyl (C=O) groups is 1. The lowest BCUT2D eigenvalue weighted by atomic mass is 9.92. The molecule has 0 saturated carbocycles. The molecular weight excluding hydrogens is 664 g/mol. The molecule has 3 saturated heterocycles. The summed E-state index contributed by atoms with van der Waals surface area (Å²) in [5, 5.41) is 3.43. The Morgan fingerprint density at radius 2 is 1.84 bits per heavy atom. The van der Waals surface area contributed by atoms with Crippen molar-refractivity contribution < 1.29 is 31.8 Å². The molecule has 9 nitrogen and oxygen atoms in total. The number of amides is 1. The Kier molecular flexibility index (Phi) is 8.86. The molecule has 3 aromatic carbocycles. The first kappa shape index (κ1) is 34.6. The molecule has 3 fully saturated rings. The number of nitrogen functional groups attached to an aromatic ring is 1. The van der Waals surface area contributed by atoms with E-state index < -0.39 is 46.4 Å². The van der Waals surface area contributed by atoms with Crippen LogP contribution in [-0.2, 0) is 4.74 Å². The summed E-state index contributed by atoms with van der Waals surface area (Å²) >= 11 is 0. The van der Waals surface area contributed by atoms with Crippen LogP contribution in [0.25, 0.3) is 32.8 Å². The Labute approximate surface area is 293 Å². The molecule has 0 radical (unpaired) electrons. The van der Waals surface area contributed by atoms with Gasteiger partial charge in [0, 0.05) is 37.1 Å². The Balaban J connectivity index is 1.43. The molecule has 1 aromatic heterocycles. The molecule has 4 aromatic rings. The number of carbonyl (C=O) groups excluding carboxylic acids is 1. The maximum Gasteiger partial charge on any atom is 0.429 e. The van der Waals surface area contributed by atoms with Gasteiger partial charge in [-0.1, -0.05) is 12.0 Å².